The first-order valence-electron chi connectivity index (χ1n) is 7.98. The van der Waals surface area contributed by atoms with Gasteiger partial charge < -0.3 is 18.8 Å². The van der Waals surface area contributed by atoms with E-state index in [4.69, 9.17) is 8.94 Å². The Balaban J connectivity index is 1.53. The first-order valence-corrected chi connectivity index (χ1v) is 7.98. The van der Waals surface area contributed by atoms with E-state index < -0.39 is 18.2 Å². The molecule has 8 nitrogen and oxygen atoms in total. The number of carbonyl (C=O) groups excluding carboxylic acids is 1. The van der Waals surface area contributed by atoms with Crippen LogP contribution in [0.3, 0.4) is 0 Å². The van der Waals surface area contributed by atoms with E-state index in [9.17, 15) is 13.6 Å². The Morgan fingerprint density at radius 2 is 2.04 bits per heavy atom. The van der Waals surface area contributed by atoms with Crippen LogP contribution in [-0.4, -0.2) is 25.6 Å². The monoisotopic (exact) mass is 373 g/mol. The Morgan fingerprint density at radius 3 is 2.81 bits per heavy atom. The second-order valence-corrected chi connectivity index (χ2v) is 5.62. The van der Waals surface area contributed by atoms with Gasteiger partial charge in [-0.25, -0.2) is 13.8 Å². The smallest absolute Gasteiger partial charge is 0.316 e. The lowest BCUT2D eigenvalue weighted by Crippen LogP contribution is -2.23. The van der Waals surface area contributed by atoms with E-state index >= 15 is 0 Å². The van der Waals surface area contributed by atoms with E-state index in [-0.39, 0.29) is 24.8 Å². The number of benzene rings is 1. The second-order valence-electron chi connectivity index (χ2n) is 5.62. The van der Waals surface area contributed by atoms with Crippen LogP contribution in [0, 0.1) is 0 Å². The minimum Gasteiger partial charge on any atom is -0.467 e. The number of rotatable bonds is 6. The minimum atomic E-state index is -2.76. The zero-order valence-corrected chi connectivity index (χ0v) is 13.8. The summed E-state index contributed by atoms with van der Waals surface area (Å²) in [6.07, 6.45) is -1.28. The number of aromatic nitrogens is 4. The van der Waals surface area contributed by atoms with Crippen LogP contribution in [0.25, 0.3) is 11.0 Å². The van der Waals surface area contributed by atoms with E-state index in [0.717, 1.165) is 0 Å². The predicted molar refractivity (Wildman–Crippen MR) is 88.0 cm³/mol. The van der Waals surface area contributed by atoms with Crippen molar-refractivity contribution in [2.75, 3.05) is 0 Å². The van der Waals surface area contributed by atoms with Crippen LogP contribution in [0.2, 0.25) is 0 Å². The fraction of sp³-hybridized carbons (Fsp3) is 0.176. The highest BCUT2D eigenvalue weighted by atomic mass is 19.3. The number of amides is 1. The van der Waals surface area contributed by atoms with Gasteiger partial charge in [-0.05, 0) is 24.3 Å². The van der Waals surface area contributed by atoms with Crippen molar-refractivity contribution in [1.82, 2.24) is 25.0 Å². The topological polar surface area (TPSA) is 99.0 Å². The molecule has 10 heteroatoms. The summed E-state index contributed by atoms with van der Waals surface area (Å²) >= 11 is 0. The molecule has 1 amide bonds. The zero-order valence-electron chi connectivity index (χ0n) is 13.8. The maximum absolute atomic E-state index is 13.3. The molecular formula is C17H13F2N5O3. The molecule has 0 atom stereocenters. The average molecular weight is 373 g/mol. The van der Waals surface area contributed by atoms with Crippen LogP contribution in [0.15, 0.2) is 51.6 Å². The maximum Gasteiger partial charge on any atom is 0.316 e. The minimum absolute atomic E-state index is 0.0863. The molecule has 0 saturated carbocycles. The second kappa shape index (κ2) is 6.98. The quantitative estimate of drug-likeness (QED) is 0.558. The number of carbonyl (C=O) groups is 1. The number of para-hydroxylation sites is 2. The number of fused-ring (bicyclic) bond motifs is 1. The van der Waals surface area contributed by atoms with E-state index in [2.05, 4.69) is 20.4 Å². The van der Waals surface area contributed by atoms with Gasteiger partial charge in [-0.1, -0.05) is 17.3 Å². The molecule has 0 saturated heterocycles. The van der Waals surface area contributed by atoms with Gasteiger partial charge in [0.1, 0.15) is 5.76 Å². The van der Waals surface area contributed by atoms with Gasteiger partial charge >= 0.3 is 11.8 Å². The number of hydrogen-bond acceptors (Lipinski definition) is 6. The van der Waals surface area contributed by atoms with Gasteiger partial charge in [-0.15, -0.1) is 0 Å². The maximum atomic E-state index is 13.3. The van der Waals surface area contributed by atoms with Crippen LogP contribution in [0.4, 0.5) is 8.78 Å². The van der Waals surface area contributed by atoms with Crippen molar-refractivity contribution in [3.8, 4) is 0 Å². The molecule has 0 spiro atoms. The molecule has 0 aliphatic heterocycles. The normalized spacial score (nSPS) is 11.4. The Labute approximate surface area is 150 Å². The number of nitrogens with one attached hydrogen (secondary N) is 1. The van der Waals surface area contributed by atoms with Gasteiger partial charge in [0.2, 0.25) is 0 Å². The highest BCUT2D eigenvalue weighted by molar-refractivity contribution is 5.89. The Morgan fingerprint density at radius 1 is 1.19 bits per heavy atom. The molecule has 1 aromatic carbocycles. The van der Waals surface area contributed by atoms with Gasteiger partial charge in [-0.3, -0.25) is 4.79 Å². The Hall–Kier alpha value is -3.56. The lowest BCUT2D eigenvalue weighted by molar-refractivity contribution is 0.0904. The molecule has 3 aromatic heterocycles. The number of halogens is 2. The molecular weight excluding hydrogens is 360 g/mol. The molecule has 138 valence electrons. The number of hydrogen-bond donors (Lipinski definition) is 1. The van der Waals surface area contributed by atoms with Gasteiger partial charge in [0, 0.05) is 0 Å². The fourth-order valence-corrected chi connectivity index (χ4v) is 2.63. The third kappa shape index (κ3) is 3.41. The number of alkyl halides is 2. The van der Waals surface area contributed by atoms with Crippen LogP contribution >= 0.6 is 0 Å². The summed E-state index contributed by atoms with van der Waals surface area (Å²) in [6.45, 7) is 0.0559. The summed E-state index contributed by atoms with van der Waals surface area (Å²) < 4.78 is 38.0. The van der Waals surface area contributed by atoms with E-state index in [1.54, 1.807) is 36.4 Å². The molecule has 4 rings (SSSR count). The van der Waals surface area contributed by atoms with Crippen molar-refractivity contribution in [3.63, 3.8) is 0 Å². The van der Waals surface area contributed by atoms with E-state index in [1.165, 1.54) is 10.8 Å². The van der Waals surface area contributed by atoms with Crippen molar-refractivity contribution in [1.29, 1.82) is 0 Å². The summed E-state index contributed by atoms with van der Waals surface area (Å²) in [5.74, 6) is -0.600. The molecule has 27 heavy (non-hydrogen) atoms. The first-order chi connectivity index (χ1) is 13.1. The largest absolute Gasteiger partial charge is 0.467 e. The number of nitrogens with zero attached hydrogens (tertiary/aromatic N) is 4. The zero-order chi connectivity index (χ0) is 18.8. The molecule has 0 aliphatic carbocycles. The van der Waals surface area contributed by atoms with Crippen molar-refractivity contribution in [2.45, 2.75) is 19.5 Å². The molecule has 0 fully saturated rings. The summed E-state index contributed by atoms with van der Waals surface area (Å²) in [5, 5.41) is 6.27. The molecule has 0 aliphatic rings. The molecule has 1 N–H and O–H groups in total. The summed E-state index contributed by atoms with van der Waals surface area (Å²) in [7, 11) is 0. The van der Waals surface area contributed by atoms with Crippen molar-refractivity contribution < 1.29 is 22.5 Å². The third-order valence-electron chi connectivity index (χ3n) is 3.84. The molecule has 0 unspecified atom stereocenters. The number of furan rings is 1. The molecule has 4 aromatic rings. The van der Waals surface area contributed by atoms with Crippen LogP contribution in [0.5, 0.6) is 0 Å². The van der Waals surface area contributed by atoms with Gasteiger partial charge in [0.15, 0.2) is 11.6 Å². The van der Waals surface area contributed by atoms with Crippen molar-refractivity contribution >= 4 is 16.9 Å². The Bertz CT molecular complexity index is 1070. The highest BCUT2D eigenvalue weighted by Gasteiger charge is 2.21. The Kier molecular flexibility index (Phi) is 4.37. The van der Waals surface area contributed by atoms with Crippen LogP contribution < -0.4 is 5.32 Å². The van der Waals surface area contributed by atoms with Crippen LogP contribution in [-0.2, 0) is 13.1 Å². The van der Waals surface area contributed by atoms with Crippen LogP contribution in [0.1, 0.15) is 34.5 Å². The van der Waals surface area contributed by atoms with Gasteiger partial charge in [0.05, 0.1) is 30.4 Å². The van der Waals surface area contributed by atoms with E-state index in [1.807, 2.05) is 0 Å². The molecule has 0 bridgehead atoms. The summed E-state index contributed by atoms with van der Waals surface area (Å²) in [6, 6.07) is 10.1. The summed E-state index contributed by atoms with van der Waals surface area (Å²) in [5.41, 5.74) is 0.953. The standard InChI is InChI=1S/C17H13F2N5O3/c18-14(19)15-21-11-5-1-2-6-12(11)24(15)9-13-22-17(27-23-13)16(25)20-8-10-4-3-7-26-10/h1-7,14H,8-9H2,(H,20,25). The van der Waals surface area contributed by atoms with Crippen molar-refractivity contribution in [3.05, 3.63) is 66.0 Å². The average Bonchev–Trinajstić information content (AvgIpc) is 3.40. The molecule has 0 radical (unpaired) electrons. The van der Waals surface area contributed by atoms with E-state index in [0.29, 0.717) is 16.8 Å². The fourth-order valence-electron chi connectivity index (χ4n) is 2.63. The van der Waals surface area contributed by atoms with Crippen molar-refractivity contribution in [2.24, 2.45) is 0 Å². The first kappa shape index (κ1) is 16.9. The summed E-state index contributed by atoms with van der Waals surface area (Å²) in [4.78, 5) is 20.0. The predicted octanol–water partition coefficient (Wildman–Crippen LogP) is 2.93. The van der Waals surface area contributed by atoms with Gasteiger partial charge in [-0.2, -0.15) is 4.98 Å². The third-order valence-corrected chi connectivity index (χ3v) is 3.84. The SMILES string of the molecule is O=C(NCc1ccco1)c1nc(Cn2c(C(F)F)nc3ccccc32)no1. The lowest BCUT2D eigenvalue weighted by atomic mass is 10.3. The molecule has 3 heterocycles. The highest BCUT2D eigenvalue weighted by Crippen LogP contribution is 2.24. The number of imidazole rings is 1. The lowest BCUT2D eigenvalue weighted by Gasteiger charge is -2.05. The van der Waals surface area contributed by atoms with Gasteiger partial charge in [0.25, 0.3) is 6.43 Å².